The number of aromatic nitrogens is 1. The summed E-state index contributed by atoms with van der Waals surface area (Å²) in [5.41, 5.74) is 1.09. The van der Waals surface area contributed by atoms with Crippen molar-refractivity contribution in [2.75, 3.05) is 25.4 Å². The van der Waals surface area contributed by atoms with Gasteiger partial charge in [0.2, 0.25) is 11.8 Å². The fourth-order valence-electron chi connectivity index (χ4n) is 3.13. The van der Waals surface area contributed by atoms with Crippen LogP contribution < -0.4 is 0 Å². The van der Waals surface area contributed by atoms with Gasteiger partial charge in [0.1, 0.15) is 0 Å². The van der Waals surface area contributed by atoms with E-state index < -0.39 is 0 Å². The monoisotopic (exact) mass is 415 g/mol. The highest BCUT2D eigenvalue weighted by molar-refractivity contribution is 8.00. The summed E-state index contributed by atoms with van der Waals surface area (Å²) in [6.07, 6.45) is 2.82. The van der Waals surface area contributed by atoms with Crippen LogP contribution in [0.5, 0.6) is 0 Å². The summed E-state index contributed by atoms with van der Waals surface area (Å²) in [7, 11) is 1.99. The van der Waals surface area contributed by atoms with Crippen molar-refractivity contribution in [2.45, 2.75) is 38.6 Å². The third-order valence-corrected chi connectivity index (χ3v) is 5.62. The first kappa shape index (κ1) is 23.1. The Morgan fingerprint density at radius 1 is 1.03 bits per heavy atom. The SMILES string of the molecule is CCCN(CC(=O)N(Cc1cccn1C)CC(C)C)C(=O)CSc1ccccc1. The van der Waals surface area contributed by atoms with Crippen LogP contribution in [0, 0.1) is 5.92 Å². The first-order valence-corrected chi connectivity index (χ1v) is 11.2. The van der Waals surface area contributed by atoms with Gasteiger partial charge in [-0.3, -0.25) is 9.59 Å². The van der Waals surface area contributed by atoms with Gasteiger partial charge in [0.05, 0.1) is 18.8 Å². The highest BCUT2D eigenvalue weighted by Gasteiger charge is 2.22. The molecule has 0 N–H and O–H groups in total. The molecule has 0 aliphatic heterocycles. The number of amides is 2. The van der Waals surface area contributed by atoms with Crippen LogP contribution in [0.25, 0.3) is 0 Å². The second-order valence-corrected chi connectivity index (χ2v) is 8.74. The molecule has 29 heavy (non-hydrogen) atoms. The lowest BCUT2D eigenvalue weighted by molar-refractivity contribution is -0.140. The lowest BCUT2D eigenvalue weighted by Crippen LogP contribution is -2.44. The molecule has 2 aromatic rings. The van der Waals surface area contributed by atoms with Crippen LogP contribution in [0.4, 0.5) is 0 Å². The van der Waals surface area contributed by atoms with E-state index in [0.717, 1.165) is 17.0 Å². The zero-order valence-electron chi connectivity index (χ0n) is 18.0. The summed E-state index contributed by atoms with van der Waals surface area (Å²) >= 11 is 1.52. The number of carbonyl (C=O) groups is 2. The Balaban J connectivity index is 2.01. The van der Waals surface area contributed by atoms with Gasteiger partial charge in [-0.05, 0) is 36.6 Å². The van der Waals surface area contributed by atoms with Gasteiger partial charge in [0.15, 0.2) is 0 Å². The number of carbonyl (C=O) groups excluding carboxylic acids is 2. The van der Waals surface area contributed by atoms with Crippen LogP contribution in [0.15, 0.2) is 53.6 Å². The maximum absolute atomic E-state index is 13.1. The third-order valence-electron chi connectivity index (χ3n) is 4.62. The summed E-state index contributed by atoms with van der Waals surface area (Å²) in [6, 6.07) is 13.9. The van der Waals surface area contributed by atoms with Crippen molar-refractivity contribution in [3.63, 3.8) is 0 Å². The summed E-state index contributed by atoms with van der Waals surface area (Å²) in [6.45, 7) is 8.22. The van der Waals surface area contributed by atoms with Gasteiger partial charge >= 0.3 is 0 Å². The quantitative estimate of drug-likeness (QED) is 0.520. The topological polar surface area (TPSA) is 45.6 Å². The van der Waals surface area contributed by atoms with Gasteiger partial charge in [0.25, 0.3) is 0 Å². The molecular formula is C23H33N3O2S. The van der Waals surface area contributed by atoms with Gasteiger partial charge < -0.3 is 14.4 Å². The minimum atomic E-state index is 0.00594. The Bertz CT molecular complexity index is 773. The minimum Gasteiger partial charge on any atom is -0.353 e. The predicted octanol–water partition coefficient (Wildman–Crippen LogP) is 4.04. The molecule has 0 spiro atoms. The highest BCUT2D eigenvalue weighted by atomic mass is 32.2. The smallest absolute Gasteiger partial charge is 0.242 e. The van der Waals surface area contributed by atoms with Crippen LogP contribution in [0.2, 0.25) is 0 Å². The summed E-state index contributed by atoms with van der Waals surface area (Å²) in [5, 5.41) is 0. The van der Waals surface area contributed by atoms with E-state index in [1.54, 1.807) is 4.90 Å². The van der Waals surface area contributed by atoms with E-state index in [-0.39, 0.29) is 18.4 Å². The number of hydrogen-bond donors (Lipinski definition) is 0. The van der Waals surface area contributed by atoms with Crippen molar-refractivity contribution in [2.24, 2.45) is 13.0 Å². The molecule has 0 unspecified atom stereocenters. The number of nitrogens with zero attached hydrogens (tertiary/aromatic N) is 3. The largest absolute Gasteiger partial charge is 0.353 e. The molecule has 0 fully saturated rings. The third kappa shape index (κ3) is 7.61. The van der Waals surface area contributed by atoms with Gasteiger partial charge in [-0.1, -0.05) is 39.0 Å². The van der Waals surface area contributed by atoms with Crippen LogP contribution >= 0.6 is 11.8 Å². The van der Waals surface area contributed by atoms with Crippen molar-refractivity contribution in [1.29, 1.82) is 0 Å². The van der Waals surface area contributed by atoms with Crippen LogP contribution in [0.1, 0.15) is 32.9 Å². The van der Waals surface area contributed by atoms with Crippen molar-refractivity contribution >= 4 is 23.6 Å². The summed E-state index contributed by atoms with van der Waals surface area (Å²) in [5.74, 6) is 0.728. The standard InChI is InChI=1S/C23H33N3O2S/c1-5-13-25(23(28)18-29-21-11-7-6-8-12-21)17-22(27)26(15-19(2)3)16-20-10-9-14-24(20)4/h6-12,14,19H,5,13,15-18H2,1-4H3. The van der Waals surface area contributed by atoms with Crippen molar-refractivity contribution < 1.29 is 9.59 Å². The van der Waals surface area contributed by atoms with E-state index in [4.69, 9.17) is 0 Å². The molecule has 1 heterocycles. The molecule has 6 heteroatoms. The lowest BCUT2D eigenvalue weighted by Gasteiger charge is -2.29. The summed E-state index contributed by atoms with van der Waals surface area (Å²) < 4.78 is 2.03. The van der Waals surface area contributed by atoms with E-state index in [1.165, 1.54) is 11.8 Å². The molecule has 0 saturated carbocycles. The van der Waals surface area contributed by atoms with E-state index >= 15 is 0 Å². The number of benzene rings is 1. The molecular weight excluding hydrogens is 382 g/mol. The lowest BCUT2D eigenvalue weighted by atomic mass is 10.2. The Kier molecular flexibility index (Phi) is 9.32. The highest BCUT2D eigenvalue weighted by Crippen LogP contribution is 2.18. The minimum absolute atomic E-state index is 0.00594. The summed E-state index contributed by atoms with van der Waals surface area (Å²) in [4.78, 5) is 30.5. The van der Waals surface area contributed by atoms with Gasteiger partial charge in [-0.25, -0.2) is 0 Å². The van der Waals surface area contributed by atoms with E-state index in [0.29, 0.717) is 31.3 Å². The van der Waals surface area contributed by atoms with Gasteiger partial charge in [0, 0.05) is 36.9 Å². The second kappa shape index (κ2) is 11.7. The first-order valence-electron chi connectivity index (χ1n) is 10.2. The van der Waals surface area contributed by atoms with E-state index in [1.807, 2.05) is 72.1 Å². The molecule has 2 amide bonds. The molecule has 5 nitrogen and oxygen atoms in total. The maximum Gasteiger partial charge on any atom is 0.242 e. The number of rotatable bonds is 11. The fraction of sp³-hybridized carbons (Fsp3) is 0.478. The number of hydrogen-bond acceptors (Lipinski definition) is 3. The molecule has 2 rings (SSSR count). The fourth-order valence-corrected chi connectivity index (χ4v) is 3.95. The number of aryl methyl sites for hydroxylation is 1. The second-order valence-electron chi connectivity index (χ2n) is 7.70. The van der Waals surface area contributed by atoms with Crippen molar-refractivity contribution in [3.05, 3.63) is 54.4 Å². The Labute approximate surface area is 179 Å². The number of thioether (sulfide) groups is 1. The average Bonchev–Trinajstić information content (AvgIpc) is 3.10. The zero-order valence-corrected chi connectivity index (χ0v) is 18.8. The average molecular weight is 416 g/mol. The van der Waals surface area contributed by atoms with Crippen molar-refractivity contribution in [3.8, 4) is 0 Å². The molecule has 0 aliphatic carbocycles. The van der Waals surface area contributed by atoms with Gasteiger partial charge in [-0.2, -0.15) is 0 Å². The van der Waals surface area contributed by atoms with Crippen molar-refractivity contribution in [1.82, 2.24) is 14.4 Å². The molecule has 0 atom stereocenters. The van der Waals surface area contributed by atoms with E-state index in [2.05, 4.69) is 13.8 Å². The molecule has 1 aromatic heterocycles. The molecule has 0 bridgehead atoms. The van der Waals surface area contributed by atoms with E-state index in [9.17, 15) is 9.59 Å². The zero-order chi connectivity index (χ0) is 21.2. The van der Waals surface area contributed by atoms with Gasteiger partial charge in [-0.15, -0.1) is 11.8 Å². The Morgan fingerprint density at radius 2 is 1.76 bits per heavy atom. The molecule has 158 valence electrons. The molecule has 0 saturated heterocycles. The predicted molar refractivity (Wildman–Crippen MR) is 120 cm³/mol. The van der Waals surface area contributed by atoms with Crippen LogP contribution in [0.3, 0.4) is 0 Å². The van der Waals surface area contributed by atoms with Crippen LogP contribution in [-0.4, -0.2) is 51.6 Å². The molecule has 0 radical (unpaired) electrons. The Hall–Kier alpha value is -2.21. The molecule has 0 aliphatic rings. The Morgan fingerprint density at radius 3 is 2.34 bits per heavy atom. The first-order chi connectivity index (χ1) is 13.9. The molecule has 1 aromatic carbocycles. The normalized spacial score (nSPS) is 10.9. The van der Waals surface area contributed by atoms with Crippen LogP contribution in [-0.2, 0) is 23.2 Å². The maximum atomic E-state index is 13.1.